The van der Waals surface area contributed by atoms with Crippen molar-refractivity contribution in [2.45, 2.75) is 59.3 Å². The Morgan fingerprint density at radius 1 is 1.19 bits per heavy atom. The van der Waals surface area contributed by atoms with Gasteiger partial charge in [-0.15, -0.1) is 0 Å². The smallest absolute Gasteiger partial charge is 0.219 e. The second-order valence-corrected chi connectivity index (χ2v) is 6.54. The molecule has 1 heterocycles. The average Bonchev–Trinajstić information content (AvgIpc) is 2.45. The number of nitrogens with one attached hydrogen (secondary N) is 1. The predicted octanol–water partition coefficient (Wildman–Crippen LogP) is 2.62. The van der Waals surface area contributed by atoms with Crippen molar-refractivity contribution in [2.75, 3.05) is 26.2 Å². The summed E-state index contributed by atoms with van der Waals surface area (Å²) in [6.45, 7) is 9.37. The zero-order chi connectivity index (χ0) is 15.7. The first-order valence-electron chi connectivity index (χ1n) is 8.54. The molecule has 4 nitrogen and oxygen atoms in total. The summed E-state index contributed by atoms with van der Waals surface area (Å²) in [6.07, 6.45) is 6.44. The van der Waals surface area contributed by atoms with E-state index < -0.39 is 0 Å². The first-order valence-corrected chi connectivity index (χ1v) is 8.54. The molecule has 0 aromatic carbocycles. The van der Waals surface area contributed by atoms with Gasteiger partial charge in [0, 0.05) is 18.9 Å². The number of likely N-dealkylation sites (tertiary alicyclic amines) is 1. The minimum atomic E-state index is 0.150. The van der Waals surface area contributed by atoms with Crippen molar-refractivity contribution in [1.29, 1.82) is 0 Å². The number of Topliss-reactive ketones (excluding diaryl/α,β-unsaturated/α-hetero) is 1. The highest BCUT2D eigenvalue weighted by Gasteiger charge is 2.21. The van der Waals surface area contributed by atoms with Crippen LogP contribution in [0.2, 0.25) is 0 Å². The number of unbranched alkanes of at least 4 members (excludes halogenated alkanes) is 1. The van der Waals surface area contributed by atoms with Gasteiger partial charge in [0.1, 0.15) is 5.78 Å². The molecule has 1 saturated heterocycles. The van der Waals surface area contributed by atoms with E-state index in [2.05, 4.69) is 10.2 Å². The lowest BCUT2D eigenvalue weighted by molar-refractivity contribution is -0.123. The molecule has 0 spiro atoms. The summed E-state index contributed by atoms with van der Waals surface area (Å²) >= 11 is 0. The van der Waals surface area contributed by atoms with E-state index in [9.17, 15) is 9.59 Å². The Labute approximate surface area is 129 Å². The van der Waals surface area contributed by atoms with Gasteiger partial charge in [-0.25, -0.2) is 0 Å². The number of ketones is 1. The maximum Gasteiger partial charge on any atom is 0.219 e. The summed E-state index contributed by atoms with van der Waals surface area (Å²) in [5.74, 6) is 1.47. The van der Waals surface area contributed by atoms with Crippen molar-refractivity contribution in [1.82, 2.24) is 10.2 Å². The fourth-order valence-electron chi connectivity index (χ4n) is 2.84. The molecule has 1 rings (SSSR count). The van der Waals surface area contributed by atoms with Gasteiger partial charge in [0.25, 0.3) is 0 Å². The van der Waals surface area contributed by atoms with E-state index in [1.165, 1.54) is 19.3 Å². The highest BCUT2D eigenvalue weighted by molar-refractivity contribution is 5.82. The molecule has 0 bridgehead atoms. The third-order valence-corrected chi connectivity index (χ3v) is 4.37. The molecule has 1 aliphatic heterocycles. The molecule has 0 aromatic rings. The largest absolute Gasteiger partial charge is 0.356 e. The third kappa shape index (κ3) is 7.60. The summed E-state index contributed by atoms with van der Waals surface area (Å²) in [5, 5.41) is 2.84. The molecule has 0 aliphatic carbocycles. The molecule has 21 heavy (non-hydrogen) atoms. The molecular weight excluding hydrogens is 264 g/mol. The van der Waals surface area contributed by atoms with E-state index in [4.69, 9.17) is 0 Å². The first-order chi connectivity index (χ1) is 10.0. The molecule has 0 saturated carbocycles. The molecule has 1 amide bonds. The maximum atomic E-state index is 11.7. The van der Waals surface area contributed by atoms with Crippen LogP contribution in [0.3, 0.4) is 0 Å². The summed E-state index contributed by atoms with van der Waals surface area (Å²) in [5.41, 5.74) is 0. The van der Waals surface area contributed by atoms with Crippen molar-refractivity contribution in [3.8, 4) is 0 Å². The Hall–Kier alpha value is -0.900. The van der Waals surface area contributed by atoms with E-state index in [0.717, 1.165) is 38.4 Å². The number of hydrogen-bond acceptors (Lipinski definition) is 3. The second kappa shape index (κ2) is 9.93. The minimum Gasteiger partial charge on any atom is -0.356 e. The standard InChI is InChI=1S/C17H32N2O2/c1-4-18-17(21)8-6-5-7-15-9-11-19(12-10-15)13-16(20)14(2)3/h14-15H,4-13H2,1-3H3,(H,18,21). The van der Waals surface area contributed by atoms with Crippen LogP contribution < -0.4 is 5.32 Å². The summed E-state index contributed by atoms with van der Waals surface area (Å²) in [4.78, 5) is 25.4. The molecule has 0 unspecified atom stereocenters. The van der Waals surface area contributed by atoms with Crippen LogP contribution in [0.5, 0.6) is 0 Å². The normalized spacial score (nSPS) is 17.1. The average molecular weight is 296 g/mol. The van der Waals surface area contributed by atoms with Crippen LogP contribution in [-0.4, -0.2) is 42.8 Å². The second-order valence-electron chi connectivity index (χ2n) is 6.54. The summed E-state index contributed by atoms with van der Waals surface area (Å²) in [6, 6.07) is 0. The zero-order valence-corrected chi connectivity index (χ0v) is 14.0. The van der Waals surface area contributed by atoms with Crippen LogP contribution in [0.15, 0.2) is 0 Å². The van der Waals surface area contributed by atoms with Crippen LogP contribution >= 0.6 is 0 Å². The molecule has 0 aromatic heterocycles. The van der Waals surface area contributed by atoms with Crippen LogP contribution in [0.25, 0.3) is 0 Å². The van der Waals surface area contributed by atoms with Gasteiger partial charge >= 0.3 is 0 Å². The quantitative estimate of drug-likeness (QED) is 0.665. The van der Waals surface area contributed by atoms with Gasteiger partial charge in [0.2, 0.25) is 5.91 Å². The van der Waals surface area contributed by atoms with E-state index in [1.54, 1.807) is 0 Å². The van der Waals surface area contributed by atoms with Crippen molar-refractivity contribution < 1.29 is 9.59 Å². The lowest BCUT2D eigenvalue weighted by Gasteiger charge is -2.31. The molecule has 4 heteroatoms. The lowest BCUT2D eigenvalue weighted by Crippen LogP contribution is -2.38. The van der Waals surface area contributed by atoms with Crippen molar-refractivity contribution >= 4 is 11.7 Å². The number of carbonyl (C=O) groups excluding carboxylic acids is 2. The van der Waals surface area contributed by atoms with E-state index in [-0.39, 0.29) is 11.8 Å². The molecule has 1 aliphatic rings. The number of rotatable bonds is 9. The third-order valence-electron chi connectivity index (χ3n) is 4.37. The number of nitrogens with zero attached hydrogens (tertiary/aromatic N) is 1. The summed E-state index contributed by atoms with van der Waals surface area (Å²) < 4.78 is 0. The highest BCUT2D eigenvalue weighted by Crippen LogP contribution is 2.23. The maximum absolute atomic E-state index is 11.7. The van der Waals surface area contributed by atoms with E-state index in [1.807, 2.05) is 20.8 Å². The van der Waals surface area contributed by atoms with Crippen LogP contribution in [0, 0.1) is 11.8 Å². The van der Waals surface area contributed by atoms with E-state index in [0.29, 0.717) is 18.7 Å². The Morgan fingerprint density at radius 2 is 1.86 bits per heavy atom. The van der Waals surface area contributed by atoms with Gasteiger partial charge in [0.15, 0.2) is 0 Å². The number of amides is 1. The Kier molecular flexibility index (Phi) is 8.58. The van der Waals surface area contributed by atoms with Gasteiger partial charge in [-0.3, -0.25) is 14.5 Å². The fourth-order valence-corrected chi connectivity index (χ4v) is 2.84. The number of carbonyl (C=O) groups is 2. The SMILES string of the molecule is CCNC(=O)CCCCC1CCN(CC(=O)C(C)C)CC1. The number of hydrogen-bond donors (Lipinski definition) is 1. The zero-order valence-electron chi connectivity index (χ0n) is 14.0. The molecule has 1 N–H and O–H groups in total. The van der Waals surface area contributed by atoms with Gasteiger partial charge in [-0.2, -0.15) is 0 Å². The molecule has 0 atom stereocenters. The van der Waals surface area contributed by atoms with Crippen LogP contribution in [0.4, 0.5) is 0 Å². The lowest BCUT2D eigenvalue weighted by atomic mass is 9.91. The molecule has 1 fully saturated rings. The van der Waals surface area contributed by atoms with Crippen molar-refractivity contribution in [3.05, 3.63) is 0 Å². The van der Waals surface area contributed by atoms with Gasteiger partial charge in [-0.05, 0) is 45.2 Å². The Bertz CT molecular complexity index is 321. The first kappa shape index (κ1) is 18.1. The van der Waals surface area contributed by atoms with Gasteiger partial charge in [0.05, 0.1) is 6.54 Å². The minimum absolute atomic E-state index is 0.150. The summed E-state index contributed by atoms with van der Waals surface area (Å²) in [7, 11) is 0. The van der Waals surface area contributed by atoms with Crippen molar-refractivity contribution in [3.63, 3.8) is 0 Å². The monoisotopic (exact) mass is 296 g/mol. The molecular formula is C17H32N2O2. The van der Waals surface area contributed by atoms with Crippen LogP contribution in [0.1, 0.15) is 59.3 Å². The number of piperidine rings is 1. The Morgan fingerprint density at radius 3 is 2.43 bits per heavy atom. The Balaban J connectivity index is 2.08. The molecule has 122 valence electrons. The van der Waals surface area contributed by atoms with Crippen molar-refractivity contribution in [2.24, 2.45) is 11.8 Å². The van der Waals surface area contributed by atoms with E-state index >= 15 is 0 Å². The topological polar surface area (TPSA) is 49.4 Å². The predicted molar refractivity (Wildman–Crippen MR) is 86.2 cm³/mol. The fraction of sp³-hybridized carbons (Fsp3) is 0.882. The highest BCUT2D eigenvalue weighted by atomic mass is 16.1. The van der Waals surface area contributed by atoms with Crippen LogP contribution in [-0.2, 0) is 9.59 Å². The van der Waals surface area contributed by atoms with Gasteiger partial charge < -0.3 is 5.32 Å². The molecule has 0 radical (unpaired) electrons. The van der Waals surface area contributed by atoms with Gasteiger partial charge in [-0.1, -0.05) is 26.7 Å².